The van der Waals surface area contributed by atoms with E-state index in [1.54, 1.807) is 0 Å². The second-order valence-electron chi connectivity index (χ2n) is 1.83. The Morgan fingerprint density at radius 1 is 1.75 bits per heavy atom. The Hall–Kier alpha value is -1.14. The Balaban J connectivity index is 3.26. The number of carbonyl (C=O) groups is 1. The number of thiophene rings is 1. The fourth-order valence-corrected chi connectivity index (χ4v) is 1.66. The first-order chi connectivity index (χ1) is 5.52. The van der Waals surface area contributed by atoms with Crippen LogP contribution >= 0.6 is 22.9 Å². The summed E-state index contributed by atoms with van der Waals surface area (Å²) in [6.45, 7) is 0. The number of nitro groups is 1. The fraction of sp³-hybridized carbons (Fsp3) is 0. The standard InChI is InChI=1S/C5H2ClNO4S/c6-3-1-2(5(8)9)4(12-3)7(10)11/h1H,(H,8,9). The smallest absolute Gasteiger partial charge is 0.343 e. The van der Waals surface area contributed by atoms with Crippen LogP contribution in [-0.4, -0.2) is 16.0 Å². The highest BCUT2D eigenvalue weighted by Crippen LogP contribution is 2.33. The highest BCUT2D eigenvalue weighted by atomic mass is 35.5. The summed E-state index contributed by atoms with van der Waals surface area (Å²) in [7, 11) is 0. The van der Waals surface area contributed by atoms with Crippen molar-refractivity contribution in [3.63, 3.8) is 0 Å². The van der Waals surface area contributed by atoms with Gasteiger partial charge < -0.3 is 5.11 Å². The maximum absolute atomic E-state index is 10.4. The zero-order chi connectivity index (χ0) is 9.30. The molecule has 1 aromatic rings. The summed E-state index contributed by atoms with van der Waals surface area (Å²) in [6, 6.07) is 1.06. The van der Waals surface area contributed by atoms with Crippen LogP contribution in [0.1, 0.15) is 10.4 Å². The van der Waals surface area contributed by atoms with Crippen LogP contribution in [0, 0.1) is 10.1 Å². The zero-order valence-electron chi connectivity index (χ0n) is 5.48. The lowest BCUT2D eigenvalue weighted by Gasteiger charge is -1.86. The predicted molar refractivity (Wildman–Crippen MR) is 42.9 cm³/mol. The van der Waals surface area contributed by atoms with Crippen molar-refractivity contribution in [1.82, 2.24) is 0 Å². The Morgan fingerprint density at radius 3 is 2.67 bits per heavy atom. The molecule has 64 valence electrons. The fourth-order valence-electron chi connectivity index (χ4n) is 0.641. The van der Waals surface area contributed by atoms with Gasteiger partial charge >= 0.3 is 11.0 Å². The maximum atomic E-state index is 10.4. The molecule has 0 aliphatic carbocycles. The van der Waals surface area contributed by atoms with Crippen LogP contribution in [-0.2, 0) is 0 Å². The molecule has 1 rings (SSSR count). The largest absolute Gasteiger partial charge is 0.477 e. The molecule has 1 heterocycles. The second-order valence-corrected chi connectivity index (χ2v) is 3.49. The normalized spacial score (nSPS) is 9.75. The van der Waals surface area contributed by atoms with E-state index in [0.29, 0.717) is 11.3 Å². The third-order valence-electron chi connectivity index (χ3n) is 1.08. The first kappa shape index (κ1) is 8.95. The van der Waals surface area contributed by atoms with Gasteiger partial charge in [0.05, 0.1) is 4.92 Å². The summed E-state index contributed by atoms with van der Waals surface area (Å²) in [4.78, 5) is 19.9. The van der Waals surface area contributed by atoms with Gasteiger partial charge in [-0.1, -0.05) is 22.9 Å². The van der Waals surface area contributed by atoms with Crippen molar-refractivity contribution in [1.29, 1.82) is 0 Å². The van der Waals surface area contributed by atoms with Gasteiger partial charge in [0.1, 0.15) is 4.34 Å². The van der Waals surface area contributed by atoms with E-state index in [2.05, 4.69) is 0 Å². The molecule has 0 saturated heterocycles. The number of hydrogen-bond donors (Lipinski definition) is 1. The van der Waals surface area contributed by atoms with Gasteiger partial charge in [-0.05, 0) is 6.07 Å². The maximum Gasteiger partial charge on any atom is 0.343 e. The summed E-state index contributed by atoms with van der Waals surface area (Å²) in [6.07, 6.45) is 0. The minimum atomic E-state index is -1.34. The molecule has 12 heavy (non-hydrogen) atoms. The lowest BCUT2D eigenvalue weighted by Crippen LogP contribution is -1.97. The number of nitrogens with zero attached hydrogens (tertiary/aromatic N) is 1. The highest BCUT2D eigenvalue weighted by Gasteiger charge is 2.23. The number of aromatic carboxylic acids is 1. The van der Waals surface area contributed by atoms with E-state index < -0.39 is 15.9 Å². The van der Waals surface area contributed by atoms with Crippen molar-refractivity contribution in [2.75, 3.05) is 0 Å². The molecule has 0 spiro atoms. The molecule has 0 saturated carbocycles. The monoisotopic (exact) mass is 207 g/mol. The molecular weight excluding hydrogens is 206 g/mol. The van der Waals surface area contributed by atoms with Crippen molar-refractivity contribution >= 4 is 33.9 Å². The van der Waals surface area contributed by atoms with Gasteiger partial charge in [0.2, 0.25) is 0 Å². The quantitative estimate of drug-likeness (QED) is 0.594. The van der Waals surface area contributed by atoms with E-state index in [9.17, 15) is 14.9 Å². The minimum absolute atomic E-state index is 0.0964. The summed E-state index contributed by atoms with van der Waals surface area (Å²) in [5.74, 6) is -1.34. The van der Waals surface area contributed by atoms with E-state index in [1.165, 1.54) is 0 Å². The van der Waals surface area contributed by atoms with Crippen molar-refractivity contribution in [2.45, 2.75) is 0 Å². The number of carboxylic acid groups (broad SMARTS) is 1. The molecule has 1 aromatic heterocycles. The SMILES string of the molecule is O=C(O)c1cc(Cl)sc1[N+](=O)[O-]. The zero-order valence-corrected chi connectivity index (χ0v) is 7.06. The molecule has 0 fully saturated rings. The molecule has 7 heteroatoms. The first-order valence-electron chi connectivity index (χ1n) is 2.69. The lowest BCUT2D eigenvalue weighted by atomic mass is 10.3. The van der Waals surface area contributed by atoms with Gasteiger partial charge in [-0.25, -0.2) is 4.79 Å². The van der Waals surface area contributed by atoms with Gasteiger partial charge in [0.25, 0.3) is 0 Å². The van der Waals surface area contributed by atoms with Crippen LogP contribution in [0.4, 0.5) is 5.00 Å². The molecular formula is C5H2ClNO4S. The van der Waals surface area contributed by atoms with E-state index in [-0.39, 0.29) is 9.90 Å². The molecule has 0 aliphatic rings. The molecule has 5 nitrogen and oxygen atoms in total. The van der Waals surface area contributed by atoms with Gasteiger partial charge in [-0.2, -0.15) is 0 Å². The van der Waals surface area contributed by atoms with E-state index in [4.69, 9.17) is 16.7 Å². The third-order valence-corrected chi connectivity index (χ3v) is 2.29. The van der Waals surface area contributed by atoms with Crippen LogP contribution in [0.3, 0.4) is 0 Å². The van der Waals surface area contributed by atoms with Crippen LogP contribution in [0.5, 0.6) is 0 Å². The van der Waals surface area contributed by atoms with Crippen molar-refractivity contribution in [3.05, 3.63) is 26.1 Å². The topological polar surface area (TPSA) is 80.4 Å². The molecule has 0 radical (unpaired) electrons. The molecule has 0 aliphatic heterocycles. The van der Waals surface area contributed by atoms with Gasteiger partial charge in [0.15, 0.2) is 5.56 Å². The van der Waals surface area contributed by atoms with E-state index in [0.717, 1.165) is 6.07 Å². The van der Waals surface area contributed by atoms with Crippen LogP contribution in [0.25, 0.3) is 0 Å². The molecule has 0 atom stereocenters. The van der Waals surface area contributed by atoms with Crippen molar-refractivity contribution in [3.8, 4) is 0 Å². The molecule has 0 bridgehead atoms. The Kier molecular flexibility index (Phi) is 2.30. The average Bonchev–Trinajstić information content (AvgIpc) is 2.31. The van der Waals surface area contributed by atoms with Gasteiger partial charge in [-0.15, -0.1) is 0 Å². The molecule has 0 aromatic carbocycles. The summed E-state index contributed by atoms with van der Waals surface area (Å²) >= 11 is 6.04. The predicted octanol–water partition coefficient (Wildman–Crippen LogP) is 2.01. The summed E-state index contributed by atoms with van der Waals surface area (Å²) in [5, 5.41) is 18.3. The van der Waals surface area contributed by atoms with Gasteiger partial charge in [0, 0.05) is 0 Å². The van der Waals surface area contributed by atoms with E-state index in [1.807, 2.05) is 0 Å². The van der Waals surface area contributed by atoms with Crippen molar-refractivity contribution in [2.24, 2.45) is 0 Å². The van der Waals surface area contributed by atoms with Crippen LogP contribution in [0.2, 0.25) is 4.34 Å². The Morgan fingerprint density at radius 2 is 2.33 bits per heavy atom. The lowest BCUT2D eigenvalue weighted by molar-refractivity contribution is -0.380. The number of halogens is 1. The average molecular weight is 208 g/mol. The Bertz CT molecular complexity index is 316. The van der Waals surface area contributed by atoms with Gasteiger partial charge in [-0.3, -0.25) is 10.1 Å². The molecule has 0 unspecified atom stereocenters. The number of carboxylic acids is 1. The third kappa shape index (κ3) is 1.54. The Labute approximate surface area is 75.3 Å². The van der Waals surface area contributed by atoms with E-state index >= 15 is 0 Å². The highest BCUT2D eigenvalue weighted by molar-refractivity contribution is 7.19. The number of rotatable bonds is 2. The number of hydrogen-bond acceptors (Lipinski definition) is 4. The van der Waals surface area contributed by atoms with Crippen molar-refractivity contribution < 1.29 is 14.8 Å². The molecule has 1 N–H and O–H groups in total. The van der Waals surface area contributed by atoms with Crippen LogP contribution < -0.4 is 0 Å². The van der Waals surface area contributed by atoms with Crippen LogP contribution in [0.15, 0.2) is 6.07 Å². The summed E-state index contributed by atoms with van der Waals surface area (Å²) < 4.78 is 0.0964. The minimum Gasteiger partial charge on any atom is -0.477 e. The second kappa shape index (κ2) is 3.08. The first-order valence-corrected chi connectivity index (χ1v) is 3.89. The summed E-state index contributed by atoms with van der Waals surface area (Å²) in [5.41, 5.74) is -0.366. The molecule has 0 amide bonds.